The fraction of sp³-hybridized carbons (Fsp3) is 0.333. The third kappa shape index (κ3) is 1.42. The average Bonchev–Trinajstić information content (AvgIpc) is 2.58. The standard InChI is InChI=1S/C9H9O2/c1-2-4-8(5-3-1)9-6-10-11-7-9/h1-4,9H,6-7H2. The Morgan fingerprint density at radius 3 is 2.73 bits per heavy atom. The van der Waals surface area contributed by atoms with E-state index < -0.39 is 0 Å². The fourth-order valence-corrected chi connectivity index (χ4v) is 1.15. The molecule has 2 nitrogen and oxygen atoms in total. The maximum Gasteiger partial charge on any atom is 0.0914 e. The lowest BCUT2D eigenvalue weighted by Crippen LogP contribution is -2.00. The van der Waals surface area contributed by atoms with Gasteiger partial charge in [0.25, 0.3) is 0 Å². The van der Waals surface area contributed by atoms with E-state index in [-0.39, 0.29) is 0 Å². The quantitative estimate of drug-likeness (QED) is 0.564. The number of hydrogen-bond donors (Lipinski definition) is 0. The van der Waals surface area contributed by atoms with Gasteiger partial charge in [-0.1, -0.05) is 24.3 Å². The van der Waals surface area contributed by atoms with Crippen LogP contribution in [-0.2, 0) is 9.78 Å². The van der Waals surface area contributed by atoms with E-state index in [0.717, 1.165) is 0 Å². The molecule has 0 aromatic heterocycles. The van der Waals surface area contributed by atoms with Gasteiger partial charge in [-0.2, -0.15) is 0 Å². The molecule has 0 unspecified atom stereocenters. The minimum atomic E-state index is 0.371. The summed E-state index contributed by atoms with van der Waals surface area (Å²) in [6.07, 6.45) is 0. The first-order valence-corrected chi connectivity index (χ1v) is 3.68. The predicted molar refractivity (Wildman–Crippen MR) is 39.9 cm³/mol. The summed E-state index contributed by atoms with van der Waals surface area (Å²) in [7, 11) is 0. The normalized spacial score (nSPS) is 18.9. The van der Waals surface area contributed by atoms with Crippen molar-refractivity contribution < 1.29 is 9.78 Å². The Morgan fingerprint density at radius 1 is 1.27 bits per heavy atom. The monoisotopic (exact) mass is 149 g/mol. The Hall–Kier alpha value is -0.860. The Bertz CT molecular complexity index is 214. The molecule has 1 heterocycles. The zero-order valence-electron chi connectivity index (χ0n) is 6.12. The summed E-state index contributed by atoms with van der Waals surface area (Å²) in [5, 5.41) is 0. The molecule has 11 heavy (non-hydrogen) atoms. The van der Waals surface area contributed by atoms with Crippen molar-refractivity contribution in [1.82, 2.24) is 0 Å². The third-order valence-corrected chi connectivity index (χ3v) is 1.79. The van der Waals surface area contributed by atoms with Gasteiger partial charge >= 0.3 is 0 Å². The van der Waals surface area contributed by atoms with Crippen LogP contribution >= 0.6 is 0 Å². The van der Waals surface area contributed by atoms with Gasteiger partial charge in [-0.05, 0) is 11.6 Å². The second-order valence-corrected chi connectivity index (χ2v) is 2.58. The van der Waals surface area contributed by atoms with E-state index in [0.29, 0.717) is 19.1 Å². The van der Waals surface area contributed by atoms with Crippen LogP contribution in [0.4, 0.5) is 0 Å². The topological polar surface area (TPSA) is 18.5 Å². The van der Waals surface area contributed by atoms with Crippen LogP contribution in [0, 0.1) is 6.07 Å². The van der Waals surface area contributed by atoms with Crippen molar-refractivity contribution in [2.75, 3.05) is 13.2 Å². The number of rotatable bonds is 1. The lowest BCUT2D eigenvalue weighted by molar-refractivity contribution is -0.248. The van der Waals surface area contributed by atoms with E-state index in [4.69, 9.17) is 9.78 Å². The van der Waals surface area contributed by atoms with Crippen LogP contribution in [0.3, 0.4) is 0 Å². The molecule has 2 heteroatoms. The van der Waals surface area contributed by atoms with Crippen molar-refractivity contribution in [2.24, 2.45) is 0 Å². The average molecular weight is 149 g/mol. The van der Waals surface area contributed by atoms with Gasteiger partial charge in [0.15, 0.2) is 0 Å². The Kier molecular flexibility index (Phi) is 1.88. The van der Waals surface area contributed by atoms with Gasteiger partial charge in [0, 0.05) is 5.92 Å². The fourth-order valence-electron chi connectivity index (χ4n) is 1.15. The molecule has 1 aromatic rings. The molecule has 0 bridgehead atoms. The molecule has 0 atom stereocenters. The molecule has 1 radical (unpaired) electrons. The Balaban J connectivity index is 2.16. The largest absolute Gasteiger partial charge is 0.236 e. The van der Waals surface area contributed by atoms with E-state index in [1.807, 2.05) is 24.3 Å². The molecule has 0 saturated carbocycles. The van der Waals surface area contributed by atoms with Crippen molar-refractivity contribution in [2.45, 2.75) is 5.92 Å². The minimum absolute atomic E-state index is 0.371. The van der Waals surface area contributed by atoms with E-state index in [1.165, 1.54) is 5.56 Å². The summed E-state index contributed by atoms with van der Waals surface area (Å²) >= 11 is 0. The van der Waals surface area contributed by atoms with Gasteiger partial charge in [-0.3, -0.25) is 0 Å². The minimum Gasteiger partial charge on any atom is -0.236 e. The second-order valence-electron chi connectivity index (χ2n) is 2.58. The van der Waals surface area contributed by atoms with Crippen molar-refractivity contribution >= 4 is 0 Å². The van der Waals surface area contributed by atoms with Crippen molar-refractivity contribution in [3.05, 3.63) is 35.9 Å². The lowest BCUT2D eigenvalue weighted by atomic mass is 10.0. The molecular formula is C9H9O2. The molecule has 57 valence electrons. The van der Waals surface area contributed by atoms with E-state index in [2.05, 4.69) is 6.07 Å². The highest BCUT2D eigenvalue weighted by Crippen LogP contribution is 2.20. The van der Waals surface area contributed by atoms with Crippen LogP contribution in [0.25, 0.3) is 0 Å². The van der Waals surface area contributed by atoms with Gasteiger partial charge in [-0.15, -0.1) is 0 Å². The van der Waals surface area contributed by atoms with Gasteiger partial charge in [0.05, 0.1) is 13.2 Å². The Labute approximate surface area is 65.7 Å². The molecule has 0 spiro atoms. The molecule has 1 aliphatic rings. The maximum absolute atomic E-state index is 4.79. The van der Waals surface area contributed by atoms with Gasteiger partial charge in [0.2, 0.25) is 0 Å². The zero-order valence-corrected chi connectivity index (χ0v) is 6.12. The molecule has 0 N–H and O–H groups in total. The van der Waals surface area contributed by atoms with Crippen LogP contribution in [0.2, 0.25) is 0 Å². The van der Waals surface area contributed by atoms with E-state index in [9.17, 15) is 0 Å². The lowest BCUT2D eigenvalue weighted by Gasteiger charge is -2.02. The molecule has 2 rings (SSSR count). The Morgan fingerprint density at radius 2 is 2.09 bits per heavy atom. The van der Waals surface area contributed by atoms with E-state index >= 15 is 0 Å². The molecule has 0 aliphatic carbocycles. The predicted octanol–water partition coefficient (Wildman–Crippen LogP) is 1.53. The highest BCUT2D eigenvalue weighted by molar-refractivity contribution is 5.18. The maximum atomic E-state index is 4.79. The van der Waals surface area contributed by atoms with Crippen LogP contribution in [-0.4, -0.2) is 13.2 Å². The molecule has 1 saturated heterocycles. The van der Waals surface area contributed by atoms with Crippen LogP contribution < -0.4 is 0 Å². The van der Waals surface area contributed by atoms with Gasteiger partial charge < -0.3 is 0 Å². The van der Waals surface area contributed by atoms with Gasteiger partial charge in [-0.25, -0.2) is 9.78 Å². The van der Waals surface area contributed by atoms with Crippen molar-refractivity contribution in [3.63, 3.8) is 0 Å². The number of benzene rings is 1. The molecule has 0 amide bonds. The summed E-state index contributed by atoms with van der Waals surface area (Å²) in [5.74, 6) is 0.371. The summed E-state index contributed by atoms with van der Waals surface area (Å²) in [5.41, 5.74) is 1.17. The summed E-state index contributed by atoms with van der Waals surface area (Å²) < 4.78 is 0. The highest BCUT2D eigenvalue weighted by atomic mass is 17.2. The third-order valence-electron chi connectivity index (χ3n) is 1.79. The van der Waals surface area contributed by atoms with Crippen LogP contribution in [0.15, 0.2) is 24.3 Å². The first kappa shape index (κ1) is 6.83. The summed E-state index contributed by atoms with van der Waals surface area (Å²) in [6, 6.07) is 11.1. The highest BCUT2D eigenvalue weighted by Gasteiger charge is 2.18. The first-order valence-electron chi connectivity index (χ1n) is 3.68. The molecule has 1 aromatic carbocycles. The van der Waals surface area contributed by atoms with Crippen molar-refractivity contribution in [1.29, 1.82) is 0 Å². The number of hydrogen-bond acceptors (Lipinski definition) is 2. The van der Waals surface area contributed by atoms with Crippen LogP contribution in [0.1, 0.15) is 11.5 Å². The summed E-state index contributed by atoms with van der Waals surface area (Å²) in [4.78, 5) is 9.58. The van der Waals surface area contributed by atoms with Gasteiger partial charge in [0.1, 0.15) is 0 Å². The SMILES string of the molecule is [c]1ccccc1C1COOC1. The first-order chi connectivity index (χ1) is 5.47. The molecule has 1 aliphatic heterocycles. The molecule has 1 fully saturated rings. The van der Waals surface area contributed by atoms with Crippen LogP contribution in [0.5, 0.6) is 0 Å². The summed E-state index contributed by atoms with van der Waals surface area (Å²) in [6.45, 7) is 1.31. The molecular weight excluding hydrogens is 140 g/mol. The second kappa shape index (κ2) is 3.03. The zero-order chi connectivity index (χ0) is 7.52. The van der Waals surface area contributed by atoms with Crippen molar-refractivity contribution in [3.8, 4) is 0 Å². The smallest absolute Gasteiger partial charge is 0.0914 e. The van der Waals surface area contributed by atoms with E-state index in [1.54, 1.807) is 0 Å².